The van der Waals surface area contributed by atoms with Crippen molar-refractivity contribution in [3.63, 3.8) is 0 Å². The van der Waals surface area contributed by atoms with Crippen molar-refractivity contribution in [3.8, 4) is 5.75 Å². The van der Waals surface area contributed by atoms with Crippen molar-refractivity contribution in [2.24, 2.45) is 0 Å². The van der Waals surface area contributed by atoms with Gasteiger partial charge in [0.2, 0.25) is 0 Å². The van der Waals surface area contributed by atoms with Gasteiger partial charge in [0.15, 0.2) is 5.75 Å². The second-order valence-corrected chi connectivity index (χ2v) is 3.83. The minimum Gasteiger partial charge on any atom is -0.286 e. The van der Waals surface area contributed by atoms with E-state index in [0.717, 1.165) is 3.57 Å². The molecule has 0 heterocycles. The first-order valence-corrected chi connectivity index (χ1v) is 4.85. The van der Waals surface area contributed by atoms with E-state index in [2.05, 4.69) is 4.89 Å². The molecule has 5 heteroatoms. The molecule has 0 fully saturated rings. The summed E-state index contributed by atoms with van der Waals surface area (Å²) in [5, 5.41) is 0.611. The van der Waals surface area contributed by atoms with Crippen molar-refractivity contribution in [2.45, 2.75) is 6.92 Å². The Morgan fingerprint density at radius 2 is 2.23 bits per heavy atom. The number of hydrogen-bond donors (Lipinski definition) is 0. The standard InChI is InChI=1S/C8H6ClIO3/c1-5(11)12-13-8-3-2-6(9)4-7(8)10/h2-4H,1H3. The predicted octanol–water partition coefficient (Wildman–Crippen LogP) is 2.80. The fourth-order valence-corrected chi connectivity index (χ4v) is 1.61. The number of benzene rings is 1. The fourth-order valence-electron chi connectivity index (χ4n) is 0.646. The molecule has 0 bridgehead atoms. The molecule has 0 radical (unpaired) electrons. The van der Waals surface area contributed by atoms with Gasteiger partial charge >= 0.3 is 5.97 Å². The van der Waals surface area contributed by atoms with E-state index in [4.69, 9.17) is 16.5 Å². The van der Waals surface area contributed by atoms with Gasteiger partial charge < -0.3 is 0 Å². The molecule has 13 heavy (non-hydrogen) atoms. The first-order chi connectivity index (χ1) is 6.09. The highest BCUT2D eigenvalue weighted by Gasteiger charge is 2.04. The van der Waals surface area contributed by atoms with Gasteiger partial charge in [-0.15, -0.1) is 0 Å². The van der Waals surface area contributed by atoms with Crippen LogP contribution in [0.15, 0.2) is 18.2 Å². The average molecular weight is 312 g/mol. The number of hydrogen-bond acceptors (Lipinski definition) is 3. The van der Waals surface area contributed by atoms with Crippen LogP contribution in [0, 0.1) is 3.57 Å². The summed E-state index contributed by atoms with van der Waals surface area (Å²) in [6.45, 7) is 1.27. The third-order valence-corrected chi connectivity index (χ3v) is 2.22. The number of carbonyl (C=O) groups excluding carboxylic acids is 1. The van der Waals surface area contributed by atoms with Gasteiger partial charge in [0.25, 0.3) is 0 Å². The summed E-state index contributed by atoms with van der Waals surface area (Å²) in [5.74, 6) is -0.0223. The highest BCUT2D eigenvalue weighted by Crippen LogP contribution is 2.24. The Labute approximate surface area is 94.0 Å². The fraction of sp³-hybridized carbons (Fsp3) is 0.125. The SMILES string of the molecule is CC(=O)OOc1ccc(Cl)cc1I. The van der Waals surface area contributed by atoms with Gasteiger partial charge in [0.05, 0.1) is 3.57 Å². The lowest BCUT2D eigenvalue weighted by molar-refractivity contribution is -0.211. The normalized spacial score (nSPS) is 9.46. The first-order valence-electron chi connectivity index (χ1n) is 3.40. The molecular weight excluding hydrogens is 306 g/mol. The topological polar surface area (TPSA) is 35.5 Å². The van der Waals surface area contributed by atoms with E-state index in [1.54, 1.807) is 18.2 Å². The van der Waals surface area contributed by atoms with Crippen LogP contribution in [0.5, 0.6) is 5.75 Å². The molecular formula is C8H6ClIO3. The summed E-state index contributed by atoms with van der Waals surface area (Å²) >= 11 is 7.74. The number of halogens is 2. The molecule has 0 aliphatic heterocycles. The smallest absolute Gasteiger partial charge is 0.286 e. The van der Waals surface area contributed by atoms with Crippen molar-refractivity contribution in [3.05, 3.63) is 26.8 Å². The van der Waals surface area contributed by atoms with Crippen molar-refractivity contribution >= 4 is 40.2 Å². The maximum atomic E-state index is 10.4. The Balaban J connectivity index is 2.72. The molecule has 0 aliphatic rings. The molecule has 0 N–H and O–H groups in total. The second-order valence-electron chi connectivity index (χ2n) is 2.23. The molecule has 0 atom stereocenters. The van der Waals surface area contributed by atoms with Crippen molar-refractivity contribution in [1.82, 2.24) is 0 Å². The molecule has 3 nitrogen and oxygen atoms in total. The molecule has 1 rings (SSSR count). The van der Waals surface area contributed by atoms with Crippen molar-refractivity contribution in [1.29, 1.82) is 0 Å². The third kappa shape index (κ3) is 3.40. The second kappa shape index (κ2) is 4.66. The summed E-state index contributed by atoms with van der Waals surface area (Å²) in [7, 11) is 0. The minimum atomic E-state index is -0.495. The van der Waals surface area contributed by atoms with Gasteiger partial charge in [0.1, 0.15) is 0 Å². The predicted molar refractivity (Wildman–Crippen MR) is 56.6 cm³/mol. The molecule has 0 aliphatic carbocycles. The zero-order valence-electron chi connectivity index (χ0n) is 6.71. The van der Waals surface area contributed by atoms with E-state index in [1.165, 1.54) is 6.92 Å². The third-order valence-electron chi connectivity index (χ3n) is 1.14. The molecule has 0 saturated carbocycles. The first kappa shape index (κ1) is 10.6. The Hall–Kier alpha value is -0.490. The summed E-state index contributed by atoms with van der Waals surface area (Å²) in [4.78, 5) is 19.5. The van der Waals surface area contributed by atoms with E-state index in [1.807, 2.05) is 22.6 Å². The molecule has 0 spiro atoms. The van der Waals surface area contributed by atoms with Crippen LogP contribution < -0.4 is 4.89 Å². The van der Waals surface area contributed by atoms with Gasteiger partial charge in [-0.05, 0) is 40.8 Å². The summed E-state index contributed by atoms with van der Waals surface area (Å²) in [5.41, 5.74) is 0. The van der Waals surface area contributed by atoms with Gasteiger partial charge in [-0.2, -0.15) is 0 Å². The molecule has 0 aromatic heterocycles. The lowest BCUT2D eigenvalue weighted by atomic mass is 10.3. The Kier molecular flexibility index (Phi) is 3.80. The monoisotopic (exact) mass is 312 g/mol. The Morgan fingerprint density at radius 3 is 2.77 bits per heavy atom. The zero-order chi connectivity index (χ0) is 9.84. The van der Waals surface area contributed by atoms with Gasteiger partial charge in [0, 0.05) is 11.9 Å². The van der Waals surface area contributed by atoms with Gasteiger partial charge in [-0.25, -0.2) is 4.79 Å². The Bertz CT molecular complexity index is 327. The van der Waals surface area contributed by atoms with Gasteiger partial charge in [-0.3, -0.25) is 9.78 Å². The highest BCUT2D eigenvalue weighted by atomic mass is 127. The van der Waals surface area contributed by atoms with Crippen LogP contribution in [0.3, 0.4) is 0 Å². The van der Waals surface area contributed by atoms with E-state index in [9.17, 15) is 4.79 Å². The number of rotatable bonds is 2. The van der Waals surface area contributed by atoms with Crippen molar-refractivity contribution in [2.75, 3.05) is 0 Å². The number of carbonyl (C=O) groups is 1. The quantitative estimate of drug-likeness (QED) is 0.478. The minimum absolute atomic E-state index is 0.472. The van der Waals surface area contributed by atoms with Crippen LogP contribution in [0.4, 0.5) is 0 Å². The van der Waals surface area contributed by atoms with E-state index >= 15 is 0 Å². The molecule has 0 saturated heterocycles. The van der Waals surface area contributed by atoms with E-state index in [-0.39, 0.29) is 0 Å². The van der Waals surface area contributed by atoms with Crippen LogP contribution in [0.2, 0.25) is 5.02 Å². The maximum Gasteiger partial charge on any atom is 0.352 e. The lowest BCUT2D eigenvalue weighted by Gasteiger charge is -2.03. The molecule has 1 aromatic carbocycles. The van der Waals surface area contributed by atoms with Crippen LogP contribution in [0.1, 0.15) is 6.92 Å². The van der Waals surface area contributed by atoms with Crippen molar-refractivity contribution < 1.29 is 14.6 Å². The van der Waals surface area contributed by atoms with Crippen LogP contribution >= 0.6 is 34.2 Å². The highest BCUT2D eigenvalue weighted by molar-refractivity contribution is 14.1. The molecule has 1 aromatic rings. The molecule has 70 valence electrons. The van der Waals surface area contributed by atoms with E-state index in [0.29, 0.717) is 10.8 Å². The van der Waals surface area contributed by atoms with E-state index < -0.39 is 5.97 Å². The summed E-state index contributed by atoms with van der Waals surface area (Å²) in [6.07, 6.45) is 0. The van der Waals surface area contributed by atoms with Gasteiger partial charge in [-0.1, -0.05) is 11.6 Å². The molecule has 0 amide bonds. The van der Waals surface area contributed by atoms with Crippen LogP contribution in [-0.2, 0) is 9.68 Å². The van der Waals surface area contributed by atoms with Crippen LogP contribution in [0.25, 0.3) is 0 Å². The van der Waals surface area contributed by atoms with Crippen LogP contribution in [-0.4, -0.2) is 5.97 Å². The zero-order valence-corrected chi connectivity index (χ0v) is 9.63. The average Bonchev–Trinajstić information content (AvgIpc) is 2.02. The summed E-state index contributed by atoms with van der Waals surface area (Å²) in [6, 6.07) is 5.00. The molecule has 0 unspecified atom stereocenters. The Morgan fingerprint density at radius 1 is 1.54 bits per heavy atom. The maximum absolute atomic E-state index is 10.4. The lowest BCUT2D eigenvalue weighted by Crippen LogP contribution is -2.03. The summed E-state index contributed by atoms with van der Waals surface area (Å²) < 4.78 is 0.784. The largest absolute Gasteiger partial charge is 0.352 e.